The Labute approximate surface area is 94.4 Å². The Hall–Kier alpha value is -1.49. The SMILES string of the molecule is O=C(Cc1coc(Br)c1)c1ccnnc1. The summed E-state index contributed by atoms with van der Waals surface area (Å²) < 4.78 is 5.66. The Kier molecular flexibility index (Phi) is 2.91. The normalized spacial score (nSPS) is 10.2. The van der Waals surface area contributed by atoms with Gasteiger partial charge in [-0.1, -0.05) is 0 Å². The van der Waals surface area contributed by atoms with Crippen molar-refractivity contribution in [2.75, 3.05) is 0 Å². The quantitative estimate of drug-likeness (QED) is 0.800. The molecule has 0 saturated carbocycles. The summed E-state index contributed by atoms with van der Waals surface area (Å²) >= 11 is 3.18. The minimum Gasteiger partial charge on any atom is -0.457 e. The smallest absolute Gasteiger partial charge is 0.169 e. The molecule has 0 aliphatic rings. The summed E-state index contributed by atoms with van der Waals surface area (Å²) in [4.78, 5) is 11.7. The molecule has 0 aliphatic carbocycles. The number of aromatic nitrogens is 2. The molecule has 0 unspecified atom stereocenters. The Morgan fingerprint density at radius 3 is 2.93 bits per heavy atom. The van der Waals surface area contributed by atoms with E-state index in [1.165, 1.54) is 12.4 Å². The number of furan rings is 1. The third-order valence-electron chi connectivity index (χ3n) is 1.89. The molecule has 0 bridgehead atoms. The van der Waals surface area contributed by atoms with Crippen LogP contribution in [-0.2, 0) is 6.42 Å². The van der Waals surface area contributed by atoms with Gasteiger partial charge in [0.2, 0.25) is 0 Å². The second-order valence-electron chi connectivity index (χ2n) is 2.99. The molecule has 0 spiro atoms. The molecule has 0 aliphatic heterocycles. The van der Waals surface area contributed by atoms with Crippen LogP contribution in [0, 0.1) is 0 Å². The van der Waals surface area contributed by atoms with Crippen molar-refractivity contribution < 1.29 is 9.21 Å². The summed E-state index contributed by atoms with van der Waals surface area (Å²) in [7, 11) is 0. The zero-order chi connectivity index (χ0) is 10.7. The number of carbonyl (C=O) groups is 1. The van der Waals surface area contributed by atoms with Crippen LogP contribution in [0.3, 0.4) is 0 Å². The molecule has 2 heterocycles. The van der Waals surface area contributed by atoms with Crippen molar-refractivity contribution in [1.29, 1.82) is 0 Å². The standard InChI is InChI=1S/C10H7BrN2O2/c11-10-4-7(6-15-10)3-9(14)8-1-2-12-13-5-8/h1-2,4-6H,3H2. The molecular formula is C10H7BrN2O2. The van der Waals surface area contributed by atoms with Crippen molar-refractivity contribution >= 4 is 21.7 Å². The van der Waals surface area contributed by atoms with E-state index in [0.717, 1.165) is 5.56 Å². The summed E-state index contributed by atoms with van der Waals surface area (Å²) in [5.74, 6) is -0.00167. The van der Waals surface area contributed by atoms with E-state index in [-0.39, 0.29) is 5.78 Å². The maximum atomic E-state index is 11.7. The molecule has 0 aromatic carbocycles. The van der Waals surface area contributed by atoms with Gasteiger partial charge < -0.3 is 4.42 Å². The zero-order valence-corrected chi connectivity index (χ0v) is 9.27. The van der Waals surface area contributed by atoms with Crippen LogP contribution in [0.4, 0.5) is 0 Å². The first-order chi connectivity index (χ1) is 7.25. The molecule has 0 saturated heterocycles. The van der Waals surface area contributed by atoms with Gasteiger partial charge in [0.25, 0.3) is 0 Å². The lowest BCUT2D eigenvalue weighted by Gasteiger charge is -1.96. The van der Waals surface area contributed by atoms with Gasteiger partial charge in [0.1, 0.15) is 0 Å². The molecule has 2 aromatic rings. The lowest BCUT2D eigenvalue weighted by Crippen LogP contribution is -2.03. The highest BCUT2D eigenvalue weighted by molar-refractivity contribution is 9.10. The first-order valence-electron chi connectivity index (χ1n) is 4.28. The second-order valence-corrected chi connectivity index (χ2v) is 3.77. The zero-order valence-electron chi connectivity index (χ0n) is 7.68. The van der Waals surface area contributed by atoms with Gasteiger partial charge in [-0.15, -0.1) is 0 Å². The van der Waals surface area contributed by atoms with Gasteiger partial charge in [0, 0.05) is 12.0 Å². The number of nitrogens with zero attached hydrogens (tertiary/aromatic N) is 2. The highest BCUT2D eigenvalue weighted by Gasteiger charge is 2.08. The van der Waals surface area contributed by atoms with E-state index >= 15 is 0 Å². The molecule has 0 N–H and O–H groups in total. The molecule has 15 heavy (non-hydrogen) atoms. The molecule has 4 nitrogen and oxygen atoms in total. The number of Topliss-reactive ketones (excluding diaryl/α,β-unsaturated/α-hetero) is 1. The van der Waals surface area contributed by atoms with Crippen LogP contribution in [0.2, 0.25) is 0 Å². The van der Waals surface area contributed by atoms with E-state index < -0.39 is 0 Å². The van der Waals surface area contributed by atoms with Gasteiger partial charge >= 0.3 is 0 Å². The highest BCUT2D eigenvalue weighted by Crippen LogP contribution is 2.15. The molecule has 2 aromatic heterocycles. The summed E-state index contributed by atoms with van der Waals surface area (Å²) in [6, 6.07) is 3.41. The lowest BCUT2D eigenvalue weighted by atomic mass is 10.1. The van der Waals surface area contributed by atoms with Crippen LogP contribution >= 0.6 is 15.9 Å². The lowest BCUT2D eigenvalue weighted by molar-refractivity contribution is 0.0992. The second kappa shape index (κ2) is 4.35. The summed E-state index contributed by atoms with van der Waals surface area (Å²) in [6.07, 6.45) is 4.81. The minimum absolute atomic E-state index is 0.00167. The van der Waals surface area contributed by atoms with Crippen LogP contribution in [0.5, 0.6) is 0 Å². The van der Waals surface area contributed by atoms with Crippen molar-refractivity contribution in [3.8, 4) is 0 Å². The third kappa shape index (κ3) is 2.50. The fraction of sp³-hybridized carbons (Fsp3) is 0.100. The number of hydrogen-bond donors (Lipinski definition) is 0. The van der Waals surface area contributed by atoms with Gasteiger partial charge in [-0.05, 0) is 33.6 Å². The maximum absolute atomic E-state index is 11.7. The van der Waals surface area contributed by atoms with Crippen LogP contribution in [0.25, 0.3) is 0 Å². The molecule has 76 valence electrons. The van der Waals surface area contributed by atoms with Gasteiger partial charge in [0.05, 0.1) is 18.7 Å². The van der Waals surface area contributed by atoms with E-state index in [4.69, 9.17) is 4.42 Å². The van der Waals surface area contributed by atoms with Gasteiger partial charge in [-0.3, -0.25) is 4.79 Å². The monoisotopic (exact) mass is 266 g/mol. The van der Waals surface area contributed by atoms with Crippen molar-refractivity contribution in [2.24, 2.45) is 0 Å². The highest BCUT2D eigenvalue weighted by atomic mass is 79.9. The van der Waals surface area contributed by atoms with E-state index in [1.807, 2.05) is 0 Å². The number of ketones is 1. The van der Waals surface area contributed by atoms with E-state index in [2.05, 4.69) is 26.1 Å². The van der Waals surface area contributed by atoms with Crippen LogP contribution < -0.4 is 0 Å². The first kappa shape index (κ1) is 10.0. The molecule has 0 amide bonds. The largest absolute Gasteiger partial charge is 0.457 e. The Balaban J connectivity index is 2.11. The van der Waals surface area contributed by atoms with Crippen molar-refractivity contribution in [3.05, 3.63) is 46.6 Å². The van der Waals surface area contributed by atoms with Crippen molar-refractivity contribution in [1.82, 2.24) is 10.2 Å². The Bertz CT molecular complexity index is 467. The van der Waals surface area contributed by atoms with E-state index in [1.54, 1.807) is 18.4 Å². The number of rotatable bonds is 3. The summed E-state index contributed by atoms with van der Waals surface area (Å²) in [5.41, 5.74) is 1.39. The van der Waals surface area contributed by atoms with Crippen LogP contribution in [0.15, 0.2) is 39.9 Å². The Morgan fingerprint density at radius 2 is 2.33 bits per heavy atom. The van der Waals surface area contributed by atoms with Crippen molar-refractivity contribution in [2.45, 2.75) is 6.42 Å². The molecular weight excluding hydrogens is 260 g/mol. The Morgan fingerprint density at radius 1 is 1.47 bits per heavy atom. The predicted octanol–water partition coefficient (Wildman–Crippen LogP) is 2.26. The molecule has 5 heteroatoms. The van der Waals surface area contributed by atoms with Crippen LogP contribution in [0.1, 0.15) is 15.9 Å². The van der Waals surface area contributed by atoms with Crippen molar-refractivity contribution in [3.63, 3.8) is 0 Å². The number of halogens is 1. The average molecular weight is 267 g/mol. The molecule has 0 fully saturated rings. The van der Waals surface area contributed by atoms with E-state index in [9.17, 15) is 4.79 Å². The number of carbonyl (C=O) groups excluding carboxylic acids is 1. The minimum atomic E-state index is -0.00167. The van der Waals surface area contributed by atoms with Gasteiger partial charge in [0.15, 0.2) is 10.5 Å². The predicted molar refractivity (Wildman–Crippen MR) is 56.5 cm³/mol. The maximum Gasteiger partial charge on any atom is 0.169 e. The van der Waals surface area contributed by atoms with E-state index in [0.29, 0.717) is 16.7 Å². The first-order valence-corrected chi connectivity index (χ1v) is 5.08. The number of hydrogen-bond acceptors (Lipinski definition) is 4. The molecule has 2 rings (SSSR count). The summed E-state index contributed by atoms with van der Waals surface area (Å²) in [6.45, 7) is 0. The average Bonchev–Trinajstić information content (AvgIpc) is 2.65. The van der Waals surface area contributed by atoms with Gasteiger partial charge in [-0.25, -0.2) is 0 Å². The fourth-order valence-electron chi connectivity index (χ4n) is 1.18. The molecule has 0 radical (unpaired) electrons. The fourth-order valence-corrected chi connectivity index (χ4v) is 1.57. The summed E-state index contributed by atoms with van der Waals surface area (Å²) in [5, 5.41) is 7.26. The topological polar surface area (TPSA) is 56.0 Å². The third-order valence-corrected chi connectivity index (χ3v) is 2.31. The van der Waals surface area contributed by atoms with Gasteiger partial charge in [-0.2, -0.15) is 10.2 Å². The van der Waals surface area contributed by atoms with Crippen LogP contribution in [-0.4, -0.2) is 16.0 Å². The molecule has 0 atom stereocenters.